The number of rotatable bonds is 7. The van der Waals surface area contributed by atoms with Crippen molar-refractivity contribution in [3.8, 4) is 5.75 Å². The summed E-state index contributed by atoms with van der Waals surface area (Å²) in [7, 11) is -0.887. The van der Waals surface area contributed by atoms with Crippen molar-refractivity contribution in [1.29, 1.82) is 0 Å². The Balaban J connectivity index is 1.80. The molecule has 1 unspecified atom stereocenters. The van der Waals surface area contributed by atoms with E-state index in [2.05, 4.69) is 0 Å². The van der Waals surface area contributed by atoms with Gasteiger partial charge in [0.05, 0.1) is 30.2 Å². The van der Waals surface area contributed by atoms with E-state index in [1.165, 1.54) is 26.3 Å². The molecule has 1 atom stereocenters. The molecule has 0 bridgehead atoms. The number of carbonyl (C=O) groups is 2. The summed E-state index contributed by atoms with van der Waals surface area (Å²) < 4.78 is 37.7. The molecule has 9 heteroatoms. The molecule has 0 radical (unpaired) electrons. The predicted octanol–water partition coefficient (Wildman–Crippen LogP) is 2.94. The molecule has 0 N–H and O–H groups in total. The Bertz CT molecular complexity index is 1070. The van der Waals surface area contributed by atoms with Crippen molar-refractivity contribution in [2.24, 2.45) is 5.92 Å². The molecule has 32 heavy (non-hydrogen) atoms. The normalized spacial score (nSPS) is 16.3. The van der Waals surface area contributed by atoms with Crippen molar-refractivity contribution < 1.29 is 27.5 Å². The Morgan fingerprint density at radius 1 is 1.16 bits per heavy atom. The largest absolute Gasteiger partial charge is 0.497 e. The lowest BCUT2D eigenvalue weighted by molar-refractivity contribution is -0.149. The van der Waals surface area contributed by atoms with Crippen molar-refractivity contribution in [3.05, 3.63) is 54.1 Å². The van der Waals surface area contributed by atoms with Crippen LogP contribution < -0.4 is 9.04 Å². The van der Waals surface area contributed by atoms with Crippen LogP contribution >= 0.6 is 0 Å². The Hall–Kier alpha value is -3.07. The predicted molar refractivity (Wildman–Crippen MR) is 120 cm³/mol. The first-order valence-electron chi connectivity index (χ1n) is 10.5. The molecule has 1 aliphatic heterocycles. The molecule has 1 amide bonds. The monoisotopic (exact) mass is 460 g/mol. The zero-order valence-corrected chi connectivity index (χ0v) is 19.3. The highest BCUT2D eigenvalue weighted by Gasteiger charge is 2.30. The van der Waals surface area contributed by atoms with Gasteiger partial charge in [0.15, 0.2) is 0 Å². The zero-order valence-electron chi connectivity index (χ0n) is 18.5. The fraction of sp³-hybridized carbons (Fsp3) is 0.391. The van der Waals surface area contributed by atoms with E-state index in [4.69, 9.17) is 9.47 Å². The van der Waals surface area contributed by atoms with Crippen LogP contribution in [-0.2, 0) is 19.6 Å². The topological polar surface area (TPSA) is 93.2 Å². The van der Waals surface area contributed by atoms with Crippen LogP contribution in [0.4, 0.5) is 5.69 Å². The quantitative estimate of drug-likeness (QED) is 0.590. The van der Waals surface area contributed by atoms with E-state index in [0.29, 0.717) is 37.4 Å². The summed E-state index contributed by atoms with van der Waals surface area (Å²) >= 11 is 0. The number of benzene rings is 2. The van der Waals surface area contributed by atoms with Crippen LogP contribution in [0, 0.1) is 5.92 Å². The van der Waals surface area contributed by atoms with Crippen molar-refractivity contribution in [1.82, 2.24) is 4.90 Å². The van der Waals surface area contributed by atoms with Crippen LogP contribution in [0.3, 0.4) is 0 Å². The Kier molecular flexibility index (Phi) is 7.40. The van der Waals surface area contributed by atoms with Gasteiger partial charge in [0.25, 0.3) is 15.9 Å². The number of esters is 1. The van der Waals surface area contributed by atoms with E-state index in [0.717, 1.165) is 4.31 Å². The summed E-state index contributed by atoms with van der Waals surface area (Å²) in [5, 5.41) is 0. The van der Waals surface area contributed by atoms with E-state index < -0.39 is 10.0 Å². The molecule has 1 heterocycles. The molecule has 0 aromatic heterocycles. The average molecular weight is 461 g/mol. The minimum Gasteiger partial charge on any atom is -0.497 e. The van der Waals surface area contributed by atoms with Gasteiger partial charge in [0, 0.05) is 25.7 Å². The van der Waals surface area contributed by atoms with E-state index in [1.807, 2.05) is 0 Å². The van der Waals surface area contributed by atoms with Gasteiger partial charge in [0.2, 0.25) is 0 Å². The van der Waals surface area contributed by atoms with Gasteiger partial charge in [-0.2, -0.15) is 0 Å². The first-order chi connectivity index (χ1) is 15.3. The number of hydrogen-bond donors (Lipinski definition) is 0. The van der Waals surface area contributed by atoms with E-state index in [-0.39, 0.29) is 34.8 Å². The first kappa shape index (κ1) is 23.6. The molecule has 172 valence electrons. The molecule has 3 rings (SSSR count). The number of likely N-dealkylation sites (tertiary alicyclic amines) is 1. The van der Waals surface area contributed by atoms with Gasteiger partial charge < -0.3 is 14.4 Å². The number of methoxy groups -OCH3 is 1. The molecule has 0 saturated carbocycles. The molecule has 1 saturated heterocycles. The minimum absolute atomic E-state index is 0.0145. The van der Waals surface area contributed by atoms with E-state index in [1.54, 1.807) is 48.2 Å². The van der Waals surface area contributed by atoms with Gasteiger partial charge in [-0.3, -0.25) is 13.9 Å². The molecule has 2 aromatic carbocycles. The molecule has 0 aliphatic carbocycles. The summed E-state index contributed by atoms with van der Waals surface area (Å²) in [4.78, 5) is 26.8. The third-order valence-corrected chi connectivity index (χ3v) is 7.29. The number of hydrogen-bond acceptors (Lipinski definition) is 6. The van der Waals surface area contributed by atoms with Gasteiger partial charge >= 0.3 is 5.97 Å². The van der Waals surface area contributed by atoms with E-state index in [9.17, 15) is 18.0 Å². The lowest BCUT2D eigenvalue weighted by atomic mass is 9.97. The molecule has 2 aromatic rings. The highest BCUT2D eigenvalue weighted by molar-refractivity contribution is 7.92. The van der Waals surface area contributed by atoms with Crippen LogP contribution in [0.2, 0.25) is 0 Å². The lowest BCUT2D eigenvalue weighted by Gasteiger charge is -2.31. The molecule has 0 spiro atoms. The summed E-state index contributed by atoms with van der Waals surface area (Å²) in [6.45, 7) is 2.82. The van der Waals surface area contributed by atoms with Crippen molar-refractivity contribution in [3.63, 3.8) is 0 Å². The number of carbonyl (C=O) groups excluding carboxylic acids is 2. The number of ether oxygens (including phenoxy) is 2. The number of piperidine rings is 1. The minimum atomic E-state index is -3.88. The molecule has 1 aliphatic rings. The molecule has 8 nitrogen and oxygen atoms in total. The van der Waals surface area contributed by atoms with Crippen LogP contribution in [0.15, 0.2) is 53.4 Å². The Morgan fingerprint density at radius 3 is 2.53 bits per heavy atom. The third-order valence-electron chi connectivity index (χ3n) is 5.50. The summed E-state index contributed by atoms with van der Waals surface area (Å²) in [6.07, 6.45) is 1.36. The van der Waals surface area contributed by atoms with Gasteiger partial charge in [-0.05, 0) is 62.2 Å². The SMILES string of the molecule is CCOC(=O)C1CCCN(C(=O)c2cccc(S(=O)(=O)N(C)c3ccc(OC)cc3)c2)C1. The van der Waals surface area contributed by atoms with Crippen LogP contribution in [0.1, 0.15) is 30.1 Å². The summed E-state index contributed by atoms with van der Waals surface area (Å²) in [5.74, 6) is -0.346. The second kappa shape index (κ2) is 10.0. The number of amides is 1. The van der Waals surface area contributed by atoms with Crippen LogP contribution in [0.25, 0.3) is 0 Å². The maximum atomic E-state index is 13.2. The van der Waals surface area contributed by atoms with Crippen molar-refractivity contribution in [2.75, 3.05) is 38.2 Å². The number of anilines is 1. The van der Waals surface area contributed by atoms with Crippen molar-refractivity contribution >= 4 is 27.6 Å². The number of nitrogens with zero attached hydrogens (tertiary/aromatic N) is 2. The highest BCUT2D eigenvalue weighted by Crippen LogP contribution is 2.26. The smallest absolute Gasteiger partial charge is 0.310 e. The first-order valence-corrected chi connectivity index (χ1v) is 11.9. The molecule has 1 fully saturated rings. The van der Waals surface area contributed by atoms with Crippen LogP contribution in [-0.4, -0.2) is 59.0 Å². The van der Waals surface area contributed by atoms with Gasteiger partial charge in [-0.1, -0.05) is 6.07 Å². The highest BCUT2D eigenvalue weighted by atomic mass is 32.2. The van der Waals surface area contributed by atoms with E-state index >= 15 is 0 Å². The van der Waals surface area contributed by atoms with Gasteiger partial charge in [-0.15, -0.1) is 0 Å². The molecular weight excluding hydrogens is 432 g/mol. The summed E-state index contributed by atoms with van der Waals surface area (Å²) in [5.41, 5.74) is 0.731. The maximum absolute atomic E-state index is 13.2. The molecular formula is C23H28N2O6S. The van der Waals surface area contributed by atoms with Gasteiger partial charge in [-0.25, -0.2) is 8.42 Å². The fourth-order valence-electron chi connectivity index (χ4n) is 3.68. The second-order valence-electron chi connectivity index (χ2n) is 7.54. The van der Waals surface area contributed by atoms with Gasteiger partial charge in [0.1, 0.15) is 5.75 Å². The maximum Gasteiger partial charge on any atom is 0.310 e. The zero-order chi connectivity index (χ0) is 23.3. The standard InChI is InChI=1S/C23H28N2O6S/c1-4-31-23(27)18-8-6-14-25(16-18)22(26)17-7-5-9-21(15-17)32(28,29)24(2)19-10-12-20(30-3)13-11-19/h5,7,9-13,15,18H,4,6,8,14,16H2,1-3H3. The van der Waals surface area contributed by atoms with Crippen molar-refractivity contribution in [2.45, 2.75) is 24.7 Å². The van der Waals surface area contributed by atoms with Crippen LogP contribution in [0.5, 0.6) is 5.75 Å². The summed E-state index contributed by atoms with van der Waals surface area (Å²) in [6, 6.07) is 12.6. The Labute approximate surface area is 188 Å². The average Bonchev–Trinajstić information content (AvgIpc) is 2.83. The number of sulfonamides is 1. The fourth-order valence-corrected chi connectivity index (χ4v) is 4.92. The second-order valence-corrected chi connectivity index (χ2v) is 9.51. The Morgan fingerprint density at radius 2 is 1.88 bits per heavy atom. The lowest BCUT2D eigenvalue weighted by Crippen LogP contribution is -2.42. The third kappa shape index (κ3) is 5.04.